The third kappa shape index (κ3) is 6.39. The van der Waals surface area contributed by atoms with Gasteiger partial charge in [0.1, 0.15) is 19.0 Å². The molecule has 0 bridgehead atoms. The summed E-state index contributed by atoms with van der Waals surface area (Å²) >= 11 is 0. The summed E-state index contributed by atoms with van der Waals surface area (Å²) in [7, 11) is 1.81. The van der Waals surface area contributed by atoms with Crippen molar-refractivity contribution in [1.82, 2.24) is 24.1 Å². The number of amides is 2. The van der Waals surface area contributed by atoms with E-state index in [1.165, 1.54) is 5.56 Å². The Morgan fingerprint density at radius 1 is 0.870 bits per heavy atom. The van der Waals surface area contributed by atoms with Crippen LogP contribution in [0.1, 0.15) is 50.4 Å². The smallest absolute Gasteiger partial charge is 0.264 e. The Hall–Kier alpha value is -5.59. The molecule has 6 heterocycles. The lowest BCUT2D eigenvalue weighted by atomic mass is 9.92. The maximum absolute atomic E-state index is 15.2. The third-order valence-corrected chi connectivity index (χ3v) is 11.1. The van der Waals surface area contributed by atoms with E-state index in [1.807, 2.05) is 36.2 Å². The van der Waals surface area contributed by atoms with Gasteiger partial charge in [0.05, 0.1) is 36.2 Å². The quantitative estimate of drug-likeness (QED) is 0.231. The number of carbonyl (C=O) groups excluding carboxylic acids is 2. The van der Waals surface area contributed by atoms with Crippen molar-refractivity contribution in [3.05, 3.63) is 107 Å². The summed E-state index contributed by atoms with van der Waals surface area (Å²) in [6.45, 7) is 5.83. The Kier molecular flexibility index (Phi) is 9.08. The van der Waals surface area contributed by atoms with E-state index < -0.39 is 0 Å². The highest BCUT2D eigenvalue weighted by atomic mass is 16.6. The van der Waals surface area contributed by atoms with Crippen molar-refractivity contribution in [3.63, 3.8) is 0 Å². The first-order chi connectivity index (χ1) is 26.4. The van der Waals surface area contributed by atoms with E-state index in [0.717, 1.165) is 62.3 Å². The summed E-state index contributed by atoms with van der Waals surface area (Å²) in [5.74, 6) is 0.958. The molecule has 12 nitrogen and oxygen atoms in total. The third-order valence-electron chi connectivity index (χ3n) is 11.1. The fourth-order valence-electron chi connectivity index (χ4n) is 8.42. The van der Waals surface area contributed by atoms with Crippen LogP contribution in [-0.4, -0.2) is 93.2 Å². The number of benzene rings is 3. The number of rotatable bonds is 7. The molecule has 4 aliphatic rings. The Morgan fingerprint density at radius 2 is 1.63 bits per heavy atom. The largest absolute Gasteiger partial charge is 0.508 e. The van der Waals surface area contributed by atoms with Gasteiger partial charge < -0.3 is 28.8 Å². The maximum atomic E-state index is 15.2. The zero-order valence-corrected chi connectivity index (χ0v) is 30.4. The summed E-state index contributed by atoms with van der Waals surface area (Å²) in [5, 5.41) is 14.4. The minimum Gasteiger partial charge on any atom is -0.508 e. The maximum Gasteiger partial charge on any atom is 0.264 e. The topological polar surface area (TPSA) is 115 Å². The highest BCUT2D eigenvalue weighted by Crippen LogP contribution is 2.42. The van der Waals surface area contributed by atoms with Crippen LogP contribution in [0, 0.1) is 0 Å². The Bertz CT molecular complexity index is 2200. The van der Waals surface area contributed by atoms with Crippen LogP contribution in [-0.2, 0) is 37.7 Å². The number of aromatic nitrogens is 3. The predicted octanol–water partition coefficient (Wildman–Crippen LogP) is 5.58. The molecule has 5 aromatic rings. The molecule has 1 saturated heterocycles. The lowest BCUT2D eigenvalue weighted by Gasteiger charge is -2.41. The van der Waals surface area contributed by atoms with Gasteiger partial charge in [0, 0.05) is 74.6 Å². The van der Waals surface area contributed by atoms with Crippen LogP contribution in [0.5, 0.6) is 17.2 Å². The average molecular weight is 729 g/mol. The van der Waals surface area contributed by atoms with Crippen LogP contribution in [0.3, 0.4) is 0 Å². The summed E-state index contributed by atoms with van der Waals surface area (Å²) in [6.07, 6.45) is 6.84. The second kappa shape index (κ2) is 14.3. The van der Waals surface area contributed by atoms with Crippen LogP contribution in [0.4, 0.5) is 11.4 Å². The summed E-state index contributed by atoms with van der Waals surface area (Å²) < 4.78 is 21.7. The van der Waals surface area contributed by atoms with Crippen molar-refractivity contribution in [2.75, 3.05) is 51.0 Å². The van der Waals surface area contributed by atoms with Crippen molar-refractivity contribution < 1.29 is 28.9 Å². The molecule has 0 spiro atoms. The van der Waals surface area contributed by atoms with Gasteiger partial charge in [-0.3, -0.25) is 24.1 Å². The van der Waals surface area contributed by atoms with Gasteiger partial charge in [-0.2, -0.15) is 5.10 Å². The van der Waals surface area contributed by atoms with Gasteiger partial charge in [-0.05, 0) is 79.3 Å². The second-order valence-electron chi connectivity index (χ2n) is 14.5. The molecule has 4 aliphatic heterocycles. The van der Waals surface area contributed by atoms with Crippen molar-refractivity contribution in [2.24, 2.45) is 7.05 Å². The number of fused-ring (bicyclic) bond motifs is 3. The molecule has 0 radical (unpaired) electrons. The minimum atomic E-state index is -0.214. The molecule has 1 fully saturated rings. The van der Waals surface area contributed by atoms with Gasteiger partial charge >= 0.3 is 0 Å². The first kappa shape index (κ1) is 34.2. The lowest BCUT2D eigenvalue weighted by Crippen LogP contribution is -2.52. The molecule has 1 atom stereocenters. The van der Waals surface area contributed by atoms with Gasteiger partial charge in [0.15, 0.2) is 11.5 Å². The lowest BCUT2D eigenvalue weighted by molar-refractivity contribution is 0.0193. The van der Waals surface area contributed by atoms with Gasteiger partial charge in [0.2, 0.25) is 0 Å². The van der Waals surface area contributed by atoms with Gasteiger partial charge in [0.25, 0.3) is 11.8 Å². The molecule has 54 heavy (non-hydrogen) atoms. The number of aryl methyl sites for hydroxylation is 1. The van der Waals surface area contributed by atoms with E-state index in [-0.39, 0.29) is 23.6 Å². The molecular formula is C42H44N6O6. The second-order valence-corrected chi connectivity index (χ2v) is 14.5. The SMILES string of the molecule is Cn1cc(N(C(=O)c2cc(-c3cc4c(cc3C(=O)N3Cc5ccccc5C[C@H]3CN3CCOCC3)OCCO4)n3c2CCCC3)c2ccc(O)cc2)cn1. The molecule has 278 valence electrons. The van der Waals surface area contributed by atoms with Gasteiger partial charge in [-0.1, -0.05) is 24.3 Å². The molecular weight excluding hydrogens is 684 g/mol. The number of hydrogen-bond donors (Lipinski definition) is 1. The standard InChI is InChI=1S/C42H44N6O6/c1-44-26-32(24-43-44)48(30-9-11-33(49)12-10-30)42(51)36-21-38(46-13-5-4-8-37(36)46)34-22-39-40(54-19-18-53-39)23-35(34)41(50)47-25-29-7-3-2-6-28(29)20-31(47)27-45-14-16-52-17-15-45/h2-3,6-7,9-12,21-24,26,31,49H,4-5,8,13-20,25,27H2,1H3/t31-/m0/s1. The first-order valence-electron chi connectivity index (χ1n) is 18.9. The number of hydrogen-bond acceptors (Lipinski definition) is 8. The fourth-order valence-corrected chi connectivity index (χ4v) is 8.42. The zero-order chi connectivity index (χ0) is 36.8. The van der Waals surface area contributed by atoms with Crippen molar-refractivity contribution in [2.45, 2.75) is 44.8 Å². The summed E-state index contributed by atoms with van der Waals surface area (Å²) in [6, 6.07) is 20.7. The number of ether oxygens (including phenoxy) is 3. The Morgan fingerprint density at radius 3 is 2.39 bits per heavy atom. The fraction of sp³-hybridized carbons (Fsp3) is 0.357. The zero-order valence-electron chi connectivity index (χ0n) is 30.4. The first-order valence-corrected chi connectivity index (χ1v) is 18.9. The number of phenols is 1. The van der Waals surface area contributed by atoms with Crippen molar-refractivity contribution in [1.29, 1.82) is 0 Å². The monoisotopic (exact) mass is 728 g/mol. The molecule has 9 rings (SSSR count). The summed E-state index contributed by atoms with van der Waals surface area (Å²) in [4.78, 5) is 36.2. The average Bonchev–Trinajstić information content (AvgIpc) is 3.81. The minimum absolute atomic E-state index is 0.0386. The molecule has 0 saturated carbocycles. The van der Waals surface area contributed by atoms with Crippen LogP contribution in [0.15, 0.2) is 79.1 Å². The molecule has 12 heteroatoms. The normalized spacial score (nSPS) is 18.2. The van der Waals surface area contributed by atoms with E-state index in [1.54, 1.807) is 46.2 Å². The number of anilines is 2. The number of aromatic hydroxyl groups is 1. The number of morpholine rings is 1. The molecule has 3 aromatic carbocycles. The molecule has 1 N–H and O–H groups in total. The molecule has 2 aromatic heterocycles. The van der Waals surface area contributed by atoms with Gasteiger partial charge in [-0.25, -0.2) is 0 Å². The summed E-state index contributed by atoms with van der Waals surface area (Å²) in [5.41, 5.74) is 7.18. The van der Waals surface area contributed by atoms with Gasteiger partial charge in [-0.15, -0.1) is 0 Å². The van der Waals surface area contributed by atoms with Crippen molar-refractivity contribution >= 4 is 23.2 Å². The van der Waals surface area contributed by atoms with Crippen LogP contribution >= 0.6 is 0 Å². The van der Waals surface area contributed by atoms with E-state index in [4.69, 9.17) is 14.2 Å². The molecule has 0 aliphatic carbocycles. The van der Waals surface area contributed by atoms with Crippen molar-refractivity contribution in [3.8, 4) is 28.5 Å². The Labute approximate surface area is 314 Å². The Balaban J connectivity index is 1.16. The van der Waals surface area contributed by atoms with E-state index in [9.17, 15) is 9.90 Å². The molecule has 0 unspecified atom stereocenters. The van der Waals surface area contributed by atoms with E-state index >= 15 is 4.79 Å². The van der Waals surface area contributed by atoms with Crippen LogP contribution < -0.4 is 14.4 Å². The highest BCUT2D eigenvalue weighted by Gasteiger charge is 2.36. The number of carbonyl (C=O) groups is 2. The molecule has 2 amide bonds. The van der Waals surface area contributed by atoms with E-state index in [0.29, 0.717) is 79.1 Å². The van der Waals surface area contributed by atoms with Crippen LogP contribution in [0.25, 0.3) is 11.3 Å². The van der Waals surface area contributed by atoms with Crippen LogP contribution in [0.2, 0.25) is 0 Å². The predicted molar refractivity (Wildman–Crippen MR) is 203 cm³/mol. The number of nitrogens with zero attached hydrogens (tertiary/aromatic N) is 6. The van der Waals surface area contributed by atoms with E-state index in [2.05, 4.69) is 32.8 Å². The highest BCUT2D eigenvalue weighted by molar-refractivity contribution is 6.12. The number of phenolic OH excluding ortho intramolecular Hbond substituents is 1.